The van der Waals surface area contributed by atoms with Crippen LogP contribution in [0.25, 0.3) is 111 Å². The summed E-state index contributed by atoms with van der Waals surface area (Å²) < 4.78 is 0. The maximum atomic E-state index is 5.14. The van der Waals surface area contributed by atoms with Crippen molar-refractivity contribution in [2.75, 3.05) is 0 Å². The maximum absolute atomic E-state index is 5.14. The van der Waals surface area contributed by atoms with E-state index < -0.39 is 0 Å². The first-order valence-corrected chi connectivity index (χ1v) is 38.2. The van der Waals surface area contributed by atoms with E-state index in [4.69, 9.17) is 49.8 Å². The van der Waals surface area contributed by atoms with Gasteiger partial charge in [-0.2, -0.15) is 0 Å². The molecule has 0 spiro atoms. The number of aryl methyl sites for hydroxylation is 8. The third-order valence-electron chi connectivity index (χ3n) is 24.9. The number of pyridine rings is 12. The Bertz CT molecular complexity index is 5310. The van der Waals surface area contributed by atoms with Crippen LogP contribution >= 0.6 is 0 Å². The van der Waals surface area contributed by atoms with Gasteiger partial charge in [-0.15, -0.1) is 0 Å². The van der Waals surface area contributed by atoms with E-state index in [-0.39, 0.29) is 39.0 Å². The average Bonchev–Trinajstić information content (AvgIpc) is 0.720. The van der Waals surface area contributed by atoms with Gasteiger partial charge in [-0.05, 0) is 404 Å². The zero-order valence-corrected chi connectivity index (χ0v) is 75.4. The summed E-state index contributed by atoms with van der Waals surface area (Å²) in [5.41, 5.74) is 54.5. The maximum Gasteiger partial charge on any atom is 2.00 e. The topological polar surface area (TPSA) is 180 Å². The van der Waals surface area contributed by atoms with Gasteiger partial charge in [0, 0.05) is 91.9 Å². The van der Waals surface area contributed by atoms with Crippen LogP contribution < -0.4 is 0 Å². The predicted octanol–water partition coefficient (Wildman–Crippen LogP) is 23.4. The molecule has 0 fully saturated rings. The Morgan fingerprint density at radius 3 is 0.393 bits per heavy atom. The second kappa shape index (κ2) is 34.2. The smallest absolute Gasteiger partial charge is 0.254 e. The molecule has 112 heavy (non-hydrogen) atoms. The third kappa shape index (κ3) is 15.7. The molecular weight excluding hydrogens is 1550 g/mol. The minimum absolute atomic E-state index is 0. The van der Waals surface area contributed by atoms with E-state index in [9.17, 15) is 0 Å². The van der Waals surface area contributed by atoms with E-state index in [0.29, 0.717) is 0 Å². The molecule has 0 saturated carbocycles. The summed E-state index contributed by atoms with van der Waals surface area (Å²) in [4.78, 5) is 67.2. The summed E-state index contributed by atoms with van der Waals surface area (Å²) in [6, 6.07) is 15.8. The van der Waals surface area contributed by atoms with Gasteiger partial charge in [0.1, 0.15) is 0 Å². The quantitative estimate of drug-likeness (QED) is 0.0922. The van der Waals surface area contributed by atoms with Gasteiger partial charge in [0.2, 0.25) is 0 Å². The Morgan fingerprint density at radius 1 is 0.143 bits per heavy atom. The van der Waals surface area contributed by atoms with Gasteiger partial charge < -0.3 is 0 Å². The van der Waals surface area contributed by atoms with Crippen LogP contribution in [0.3, 0.4) is 0 Å². The van der Waals surface area contributed by atoms with Gasteiger partial charge in [-0.3, -0.25) is 59.8 Å². The van der Waals surface area contributed by atoms with Crippen molar-refractivity contribution in [3.8, 4) is 45.6 Å². The van der Waals surface area contributed by atoms with Crippen LogP contribution in [0.15, 0.2) is 73.3 Å². The molecule has 15 rings (SSSR count). The number of hydrogen-bond acceptors (Lipinski definition) is 14. The molecule has 0 aliphatic heterocycles. The summed E-state index contributed by atoms with van der Waals surface area (Å²) in [7, 11) is 0. The number of benzene rings is 2. The van der Waals surface area contributed by atoms with Crippen molar-refractivity contribution in [2.24, 2.45) is 0 Å². The van der Waals surface area contributed by atoms with Crippen molar-refractivity contribution in [1.82, 2.24) is 69.8 Å². The van der Waals surface area contributed by atoms with Crippen LogP contribution in [-0.4, -0.2) is 69.8 Å². The predicted molar refractivity (Wildman–Crippen MR) is 460 cm³/mol. The summed E-state index contributed by atoms with van der Waals surface area (Å²) in [6.07, 6.45) is 7.15. The second-order valence-corrected chi connectivity index (χ2v) is 30.6. The molecule has 16 heteroatoms. The van der Waals surface area contributed by atoms with Gasteiger partial charge in [-0.25, -0.2) is 9.97 Å². The summed E-state index contributed by atoms with van der Waals surface area (Å²) in [6.45, 7) is 68.3. The van der Waals surface area contributed by atoms with Crippen molar-refractivity contribution in [1.29, 1.82) is 0 Å². The molecule has 2 aromatic carbocycles. The normalized spacial score (nSPS) is 11.1. The summed E-state index contributed by atoms with van der Waals surface area (Å²) >= 11 is 0. The van der Waals surface area contributed by atoms with E-state index in [1.807, 2.05) is 48.5 Å². The molecule has 574 valence electrons. The summed E-state index contributed by atoms with van der Waals surface area (Å²) in [5, 5.41) is 3.76. The zero-order valence-electron chi connectivity index (χ0n) is 71.9. The van der Waals surface area contributed by atoms with E-state index in [1.54, 1.807) is 24.8 Å². The zero-order chi connectivity index (χ0) is 80.4. The van der Waals surface area contributed by atoms with Crippen LogP contribution in [0.2, 0.25) is 0 Å². The Labute approximate surface area is 689 Å². The van der Waals surface area contributed by atoms with Crippen LogP contribution in [0, 0.1) is 222 Å². The minimum Gasteiger partial charge on any atom is -0.254 e. The molecule has 0 aliphatic carbocycles. The minimum atomic E-state index is 0. The van der Waals surface area contributed by atoms with Crippen molar-refractivity contribution in [2.45, 2.75) is 222 Å². The fourth-order valence-electron chi connectivity index (χ4n) is 14.7. The molecule has 15 aromatic rings. The van der Waals surface area contributed by atoms with Gasteiger partial charge >= 0.3 is 39.0 Å². The van der Waals surface area contributed by atoms with E-state index in [1.165, 1.54) is 134 Å². The average molecular weight is 1660 g/mol. The molecule has 0 radical (unpaired) electrons. The first kappa shape index (κ1) is 86.1. The first-order chi connectivity index (χ1) is 51.9. The Hall–Kier alpha value is -9.87. The van der Waals surface area contributed by atoms with Gasteiger partial charge in [0.05, 0.1) is 89.7 Å². The number of nitrogens with zero attached hydrogens (tertiary/aromatic N) is 14. The molecule has 0 bridgehead atoms. The van der Waals surface area contributed by atoms with Crippen molar-refractivity contribution >= 4 is 65.7 Å². The molecule has 0 amide bonds. The molecule has 13 heterocycles. The van der Waals surface area contributed by atoms with Crippen molar-refractivity contribution in [3.63, 3.8) is 0 Å². The SMILES string of the molecule is Cc1nc(-c2nc(C)c(C)c(C)c2C)c(C)c(C)c1C.Cc1nc(-c2nc(C)c(C)c(C)c2C)c(C)c(C)c1C.Cc1nc(-c2nc(C)c(C)c(C)c2C)c(C)c(C)c1C.Cc1nc(-c2nc(C)c(C)c(C)c2C)c(C)c(C)c1C.[Ru+2].[Ru+2].c1cnc2c(c1)c1nc3c4cccnc4c4ncccc4c3nc1c1cccnc12. The fraction of sp³-hybridized carbons (Fsp3) is 0.333. The summed E-state index contributed by atoms with van der Waals surface area (Å²) in [5.74, 6) is 0. The van der Waals surface area contributed by atoms with E-state index in [2.05, 4.69) is 241 Å². The Kier molecular flexibility index (Phi) is 26.3. The van der Waals surface area contributed by atoms with Crippen LogP contribution in [0.1, 0.15) is 179 Å². The largest absolute Gasteiger partial charge is 2.00 e. The van der Waals surface area contributed by atoms with Crippen molar-refractivity contribution < 1.29 is 39.0 Å². The van der Waals surface area contributed by atoms with Gasteiger partial charge in [0.25, 0.3) is 0 Å². The molecule has 14 nitrogen and oxygen atoms in total. The Morgan fingerprint density at radius 2 is 0.268 bits per heavy atom. The third-order valence-corrected chi connectivity index (χ3v) is 24.9. The van der Waals surface area contributed by atoms with Crippen LogP contribution in [0.5, 0.6) is 0 Å². The molecule has 0 unspecified atom stereocenters. The molecule has 0 saturated heterocycles. The fourth-order valence-corrected chi connectivity index (χ4v) is 14.7. The molecule has 0 N–H and O–H groups in total. The second-order valence-electron chi connectivity index (χ2n) is 30.6. The van der Waals surface area contributed by atoms with Gasteiger partial charge in [-0.1, -0.05) is 0 Å². The first-order valence-electron chi connectivity index (χ1n) is 38.2. The Balaban J connectivity index is 0.000000162. The molecule has 0 atom stereocenters. The molecule has 13 aromatic heterocycles. The number of fused-ring (bicyclic) bond motifs is 12. The number of rotatable bonds is 4. The molecule has 0 aliphatic rings. The van der Waals surface area contributed by atoms with E-state index in [0.717, 1.165) is 157 Å². The number of hydrogen-bond donors (Lipinski definition) is 0. The van der Waals surface area contributed by atoms with Crippen LogP contribution in [0.4, 0.5) is 0 Å². The molecular formula is C96H108N14Ru2+4. The standard InChI is InChI=1S/C24H12N6.4C18H24N2.2Ru/c1-5-13-17(25-9-1)18-14(6-2-10-26-18)22-21(13)29-23-15-7-3-11-27-19(15)20-16(24(23)30-22)8-4-12-28-20;4*1-9-11(3)15(7)19-17(13(9)5)18-14(6)10(2)12(4)16(8)20-18;;/h1-12H;4*1-8H3;;/q;;;;;2*+2. The van der Waals surface area contributed by atoms with Gasteiger partial charge in [0.15, 0.2) is 0 Å². The van der Waals surface area contributed by atoms with Crippen LogP contribution in [-0.2, 0) is 39.0 Å². The van der Waals surface area contributed by atoms with E-state index >= 15 is 0 Å². The van der Waals surface area contributed by atoms with Crippen molar-refractivity contribution in [3.05, 3.63) is 252 Å². The number of aromatic nitrogens is 14. The monoisotopic (exact) mass is 1660 g/mol.